The fourth-order valence-electron chi connectivity index (χ4n) is 3.09. The predicted molar refractivity (Wildman–Crippen MR) is 107 cm³/mol. The van der Waals surface area contributed by atoms with Crippen LogP contribution in [0.15, 0.2) is 24.3 Å². The molecule has 148 valence electrons. The van der Waals surface area contributed by atoms with Crippen molar-refractivity contribution in [1.82, 2.24) is 10.2 Å². The number of carboxylic acids is 1. The van der Waals surface area contributed by atoms with E-state index in [2.05, 4.69) is 5.32 Å². The first-order valence-corrected chi connectivity index (χ1v) is 10.5. The first-order valence-electron chi connectivity index (χ1n) is 9.35. The molecule has 0 spiro atoms. The summed E-state index contributed by atoms with van der Waals surface area (Å²) in [6.07, 6.45) is 2.55. The topological polar surface area (TPSA) is 86.7 Å². The SMILES string of the molecule is CCCCC(=O)N1CSCC1C(=O)NCC(Cc1cccc(C)c1)C(=O)O. The summed E-state index contributed by atoms with van der Waals surface area (Å²) in [7, 11) is 0. The first-order chi connectivity index (χ1) is 12.9. The zero-order valence-corrected chi connectivity index (χ0v) is 16.8. The van der Waals surface area contributed by atoms with Gasteiger partial charge in [0.1, 0.15) is 6.04 Å². The molecule has 1 heterocycles. The quantitative estimate of drug-likeness (QED) is 0.674. The third kappa shape index (κ3) is 6.27. The normalized spacial score (nSPS) is 17.6. The molecule has 2 rings (SSSR count). The fourth-order valence-corrected chi connectivity index (χ4v) is 4.27. The second kappa shape index (κ2) is 10.3. The van der Waals surface area contributed by atoms with Crippen LogP contribution in [-0.4, -0.2) is 52.0 Å². The van der Waals surface area contributed by atoms with Gasteiger partial charge in [0.05, 0.1) is 11.8 Å². The second-order valence-corrected chi connectivity index (χ2v) is 7.96. The van der Waals surface area contributed by atoms with Crippen molar-refractivity contribution < 1.29 is 19.5 Å². The summed E-state index contributed by atoms with van der Waals surface area (Å²) < 4.78 is 0. The molecule has 2 atom stereocenters. The number of nitrogens with zero attached hydrogens (tertiary/aromatic N) is 1. The number of hydrogen-bond acceptors (Lipinski definition) is 4. The average Bonchev–Trinajstić information content (AvgIpc) is 3.12. The Bertz CT molecular complexity index is 680. The van der Waals surface area contributed by atoms with E-state index in [0.717, 1.165) is 24.0 Å². The van der Waals surface area contributed by atoms with Gasteiger partial charge in [-0.2, -0.15) is 0 Å². The summed E-state index contributed by atoms with van der Waals surface area (Å²) in [5.74, 6) is -0.828. The molecule has 6 nitrogen and oxygen atoms in total. The molecule has 0 saturated carbocycles. The van der Waals surface area contributed by atoms with Crippen molar-refractivity contribution in [3.63, 3.8) is 0 Å². The minimum atomic E-state index is -0.937. The van der Waals surface area contributed by atoms with Crippen molar-refractivity contribution >= 4 is 29.5 Å². The van der Waals surface area contributed by atoms with Gasteiger partial charge >= 0.3 is 5.97 Å². The van der Waals surface area contributed by atoms with Crippen LogP contribution < -0.4 is 5.32 Å². The lowest BCUT2D eigenvalue weighted by molar-refractivity contribution is -0.142. The van der Waals surface area contributed by atoms with E-state index in [1.54, 1.807) is 16.7 Å². The van der Waals surface area contributed by atoms with E-state index in [0.29, 0.717) is 24.5 Å². The van der Waals surface area contributed by atoms with E-state index in [1.807, 2.05) is 38.1 Å². The highest BCUT2D eigenvalue weighted by atomic mass is 32.2. The summed E-state index contributed by atoms with van der Waals surface area (Å²) in [5, 5.41) is 12.3. The molecule has 1 aromatic rings. The van der Waals surface area contributed by atoms with E-state index in [4.69, 9.17) is 0 Å². The number of benzene rings is 1. The number of rotatable bonds is 9. The molecule has 0 radical (unpaired) electrons. The number of amides is 2. The van der Waals surface area contributed by atoms with Crippen molar-refractivity contribution in [3.05, 3.63) is 35.4 Å². The van der Waals surface area contributed by atoms with Gasteiger partial charge in [0.25, 0.3) is 0 Å². The molecule has 27 heavy (non-hydrogen) atoms. The Balaban J connectivity index is 1.92. The number of carbonyl (C=O) groups excluding carboxylic acids is 2. The van der Waals surface area contributed by atoms with Crippen molar-refractivity contribution in [2.75, 3.05) is 18.2 Å². The minimum absolute atomic E-state index is 0.00320. The summed E-state index contributed by atoms with van der Waals surface area (Å²) in [6, 6.07) is 7.21. The smallest absolute Gasteiger partial charge is 0.308 e. The maximum Gasteiger partial charge on any atom is 0.308 e. The Hall–Kier alpha value is -2.02. The van der Waals surface area contributed by atoms with Crippen LogP contribution >= 0.6 is 11.8 Å². The molecule has 0 bridgehead atoms. The lowest BCUT2D eigenvalue weighted by Crippen LogP contribution is -2.48. The fraction of sp³-hybridized carbons (Fsp3) is 0.550. The Labute approximate surface area is 164 Å². The van der Waals surface area contributed by atoms with Crippen LogP contribution in [0.5, 0.6) is 0 Å². The molecule has 1 saturated heterocycles. The summed E-state index contributed by atoms with van der Waals surface area (Å²) in [4.78, 5) is 38.0. The number of unbranched alkanes of at least 4 members (excludes halogenated alkanes) is 1. The van der Waals surface area contributed by atoms with Gasteiger partial charge in [-0.15, -0.1) is 11.8 Å². The highest BCUT2D eigenvalue weighted by Gasteiger charge is 2.34. The van der Waals surface area contributed by atoms with Gasteiger partial charge in [0, 0.05) is 18.7 Å². The molecule has 1 aliphatic rings. The molecular weight excluding hydrogens is 364 g/mol. The summed E-state index contributed by atoms with van der Waals surface area (Å²) in [6.45, 7) is 4.04. The number of carboxylic acid groups (broad SMARTS) is 1. The lowest BCUT2D eigenvalue weighted by atomic mass is 9.98. The van der Waals surface area contributed by atoms with Crippen LogP contribution in [0, 0.1) is 12.8 Å². The van der Waals surface area contributed by atoms with Gasteiger partial charge < -0.3 is 15.3 Å². The Morgan fingerprint density at radius 2 is 2.15 bits per heavy atom. The van der Waals surface area contributed by atoms with Crippen molar-refractivity contribution in [2.45, 2.75) is 45.6 Å². The van der Waals surface area contributed by atoms with Crippen LogP contribution in [0.3, 0.4) is 0 Å². The third-order valence-corrected chi connectivity index (χ3v) is 5.70. The van der Waals surface area contributed by atoms with Gasteiger partial charge in [-0.25, -0.2) is 0 Å². The van der Waals surface area contributed by atoms with Gasteiger partial charge in [0.2, 0.25) is 11.8 Å². The van der Waals surface area contributed by atoms with Gasteiger partial charge in [-0.1, -0.05) is 43.2 Å². The molecule has 2 amide bonds. The number of hydrogen-bond donors (Lipinski definition) is 2. The average molecular weight is 393 g/mol. The Kier molecular flexibility index (Phi) is 8.16. The summed E-state index contributed by atoms with van der Waals surface area (Å²) >= 11 is 1.55. The first kappa shape index (κ1) is 21.3. The number of thioether (sulfide) groups is 1. The molecule has 0 aromatic heterocycles. The highest BCUT2D eigenvalue weighted by Crippen LogP contribution is 2.22. The monoisotopic (exact) mass is 392 g/mol. The Morgan fingerprint density at radius 3 is 2.81 bits per heavy atom. The van der Waals surface area contributed by atoms with E-state index in [-0.39, 0.29) is 18.4 Å². The van der Waals surface area contributed by atoms with Crippen LogP contribution in [0.1, 0.15) is 37.3 Å². The molecule has 2 unspecified atom stereocenters. The van der Waals surface area contributed by atoms with Gasteiger partial charge in [-0.3, -0.25) is 14.4 Å². The minimum Gasteiger partial charge on any atom is -0.481 e. The predicted octanol–water partition coefficient (Wildman–Crippen LogP) is 2.45. The highest BCUT2D eigenvalue weighted by molar-refractivity contribution is 7.99. The number of aliphatic carboxylic acids is 1. The third-order valence-electron chi connectivity index (χ3n) is 4.69. The van der Waals surface area contributed by atoms with Crippen molar-refractivity contribution in [2.24, 2.45) is 5.92 Å². The zero-order chi connectivity index (χ0) is 19.8. The zero-order valence-electron chi connectivity index (χ0n) is 15.9. The lowest BCUT2D eigenvalue weighted by Gasteiger charge is -2.24. The number of aryl methyl sites for hydroxylation is 1. The van der Waals surface area contributed by atoms with Crippen LogP contribution in [0.25, 0.3) is 0 Å². The number of carbonyl (C=O) groups is 3. The second-order valence-electron chi connectivity index (χ2n) is 6.96. The van der Waals surface area contributed by atoms with Gasteiger partial charge in [-0.05, 0) is 25.3 Å². The van der Waals surface area contributed by atoms with E-state index in [9.17, 15) is 19.5 Å². The van der Waals surface area contributed by atoms with E-state index < -0.39 is 17.9 Å². The van der Waals surface area contributed by atoms with Crippen LogP contribution in [-0.2, 0) is 20.8 Å². The van der Waals surface area contributed by atoms with Crippen LogP contribution in [0.2, 0.25) is 0 Å². The van der Waals surface area contributed by atoms with Crippen molar-refractivity contribution in [1.29, 1.82) is 0 Å². The van der Waals surface area contributed by atoms with Crippen LogP contribution in [0.4, 0.5) is 0 Å². The molecule has 2 N–H and O–H groups in total. The molecule has 1 fully saturated rings. The Morgan fingerprint density at radius 1 is 1.37 bits per heavy atom. The van der Waals surface area contributed by atoms with Gasteiger partial charge in [0.15, 0.2) is 0 Å². The maximum atomic E-state index is 12.6. The summed E-state index contributed by atoms with van der Waals surface area (Å²) in [5.41, 5.74) is 2.01. The maximum absolute atomic E-state index is 12.6. The molecule has 7 heteroatoms. The van der Waals surface area contributed by atoms with E-state index in [1.165, 1.54) is 0 Å². The van der Waals surface area contributed by atoms with Crippen molar-refractivity contribution in [3.8, 4) is 0 Å². The molecular formula is C20H28N2O4S. The standard InChI is InChI=1S/C20H28N2O4S/c1-3-4-8-18(23)22-13-27-12-17(22)19(24)21-11-16(20(25)26)10-15-7-5-6-14(2)9-15/h5-7,9,16-17H,3-4,8,10-13H2,1-2H3,(H,21,24)(H,25,26). The number of nitrogens with one attached hydrogen (secondary N) is 1. The van der Waals surface area contributed by atoms with E-state index >= 15 is 0 Å². The molecule has 1 aliphatic heterocycles. The molecule has 0 aliphatic carbocycles. The largest absolute Gasteiger partial charge is 0.481 e. The molecule has 1 aromatic carbocycles.